The van der Waals surface area contributed by atoms with E-state index in [1.54, 1.807) is 13.2 Å². The molecule has 0 aromatic heterocycles. The molecule has 4 aromatic carbocycles. The molecule has 0 radical (unpaired) electrons. The van der Waals surface area contributed by atoms with E-state index in [1.165, 1.54) is 56.9 Å². The molecule has 3 aliphatic rings. The van der Waals surface area contributed by atoms with Crippen LogP contribution in [0.25, 0.3) is 10.8 Å². The lowest BCUT2D eigenvalue weighted by Gasteiger charge is -2.32. The third-order valence-electron chi connectivity index (χ3n) is 10.3. The molecule has 0 amide bonds. The van der Waals surface area contributed by atoms with Crippen LogP contribution >= 0.6 is 0 Å². The maximum atomic E-state index is 13.5. The SMILES string of the molecule is COc1ccc2cc1OCc1ccc3c(c(O)ccc3c1)CC#CO[C@@H](CC1(CCCCCc3ccccc3)CCCC1)CC(=O)CC2. The molecule has 5 heteroatoms. The Morgan fingerprint density at radius 2 is 1.75 bits per heavy atom. The number of methoxy groups -OCH3 is 1. The fraction of sp³-hybridized carbons (Fsp3) is 0.419. The van der Waals surface area contributed by atoms with Crippen molar-refractivity contribution in [2.75, 3.05) is 7.11 Å². The molecule has 1 aliphatic carbocycles. The molecule has 48 heavy (non-hydrogen) atoms. The molecule has 1 fully saturated rings. The van der Waals surface area contributed by atoms with E-state index in [2.05, 4.69) is 48.4 Å². The number of ether oxygens (including phenoxy) is 3. The van der Waals surface area contributed by atoms with Gasteiger partial charge in [0.05, 0.1) is 7.11 Å². The maximum Gasteiger partial charge on any atom is 0.161 e. The molecule has 4 aromatic rings. The quantitative estimate of drug-likeness (QED) is 0.145. The Bertz CT molecular complexity index is 1740. The van der Waals surface area contributed by atoms with E-state index >= 15 is 0 Å². The molecule has 0 saturated heterocycles. The minimum Gasteiger partial charge on any atom is -0.508 e. The minimum absolute atomic E-state index is 0.189. The van der Waals surface area contributed by atoms with Crippen LogP contribution in [-0.2, 0) is 35.4 Å². The summed E-state index contributed by atoms with van der Waals surface area (Å²) in [5.41, 5.74) is 4.43. The number of rotatable bonds is 9. The van der Waals surface area contributed by atoms with Crippen LogP contribution in [0.4, 0.5) is 0 Å². The van der Waals surface area contributed by atoms with E-state index in [1.807, 2.05) is 36.4 Å². The zero-order valence-corrected chi connectivity index (χ0v) is 28.3. The molecule has 0 unspecified atom stereocenters. The van der Waals surface area contributed by atoms with Crippen LogP contribution in [-0.4, -0.2) is 24.1 Å². The second-order valence-electron chi connectivity index (χ2n) is 13.8. The summed E-state index contributed by atoms with van der Waals surface area (Å²) in [6.45, 7) is 0.370. The second-order valence-corrected chi connectivity index (χ2v) is 13.8. The number of hydrogen-bond donors (Lipinski definition) is 1. The molecule has 0 spiro atoms. The first kappa shape index (κ1) is 33.5. The fourth-order valence-corrected chi connectivity index (χ4v) is 7.72. The van der Waals surface area contributed by atoms with Gasteiger partial charge in [-0.25, -0.2) is 0 Å². The van der Waals surface area contributed by atoms with Crippen molar-refractivity contribution < 1.29 is 24.1 Å². The first-order valence-corrected chi connectivity index (χ1v) is 17.7. The highest BCUT2D eigenvalue weighted by Crippen LogP contribution is 2.47. The summed E-state index contributed by atoms with van der Waals surface area (Å²) < 4.78 is 18.1. The van der Waals surface area contributed by atoms with Crippen LogP contribution in [0.15, 0.2) is 78.9 Å². The highest BCUT2D eigenvalue weighted by atomic mass is 16.5. The van der Waals surface area contributed by atoms with Crippen LogP contribution in [0.3, 0.4) is 0 Å². The second kappa shape index (κ2) is 16.1. The number of phenolic OH excluding ortho intramolecular Hbond substituents is 1. The highest BCUT2D eigenvalue weighted by molar-refractivity contribution is 5.88. The average molecular weight is 645 g/mol. The van der Waals surface area contributed by atoms with E-state index < -0.39 is 0 Å². The van der Waals surface area contributed by atoms with E-state index in [0.717, 1.165) is 40.3 Å². The zero-order chi connectivity index (χ0) is 33.2. The number of Topliss-reactive ketones (excluding diaryl/α,β-unsaturated/α-hetero) is 1. The Morgan fingerprint density at radius 3 is 2.58 bits per heavy atom. The minimum atomic E-state index is -0.257. The molecule has 250 valence electrons. The van der Waals surface area contributed by atoms with Crippen molar-refractivity contribution in [3.8, 4) is 29.3 Å². The van der Waals surface area contributed by atoms with Gasteiger partial charge in [0.2, 0.25) is 0 Å². The first-order chi connectivity index (χ1) is 23.5. The van der Waals surface area contributed by atoms with Crippen molar-refractivity contribution in [2.45, 2.75) is 103 Å². The topological polar surface area (TPSA) is 65.0 Å². The van der Waals surface area contributed by atoms with Crippen molar-refractivity contribution in [1.29, 1.82) is 0 Å². The summed E-state index contributed by atoms with van der Waals surface area (Å²) in [5.74, 6) is 4.91. The number of ketones is 1. The smallest absolute Gasteiger partial charge is 0.161 e. The molecule has 2 heterocycles. The van der Waals surface area contributed by atoms with E-state index in [0.29, 0.717) is 43.8 Å². The first-order valence-electron chi connectivity index (χ1n) is 17.7. The van der Waals surface area contributed by atoms with Gasteiger partial charge in [0, 0.05) is 24.8 Å². The summed E-state index contributed by atoms with van der Waals surface area (Å²) in [5, 5.41) is 12.7. The number of carbonyl (C=O) groups is 1. The molecular formula is C43H48O5. The third-order valence-corrected chi connectivity index (χ3v) is 10.3. The zero-order valence-electron chi connectivity index (χ0n) is 28.3. The number of aromatic hydroxyl groups is 1. The Morgan fingerprint density at radius 1 is 0.917 bits per heavy atom. The van der Waals surface area contributed by atoms with Gasteiger partial charge in [0.25, 0.3) is 0 Å². The van der Waals surface area contributed by atoms with Gasteiger partial charge in [-0.1, -0.05) is 86.2 Å². The largest absolute Gasteiger partial charge is 0.508 e. The number of carbonyl (C=O) groups excluding carboxylic acids is 1. The van der Waals surface area contributed by atoms with E-state index in [-0.39, 0.29) is 23.1 Å². The average Bonchev–Trinajstić information content (AvgIpc) is 3.57. The predicted octanol–water partition coefficient (Wildman–Crippen LogP) is 9.68. The van der Waals surface area contributed by atoms with Gasteiger partial charge in [-0.2, -0.15) is 0 Å². The highest BCUT2D eigenvalue weighted by Gasteiger charge is 2.36. The van der Waals surface area contributed by atoms with Crippen molar-refractivity contribution >= 4 is 16.6 Å². The molecule has 1 saturated carbocycles. The summed E-state index contributed by atoms with van der Waals surface area (Å²) in [6, 6.07) is 26.5. The summed E-state index contributed by atoms with van der Waals surface area (Å²) in [6.07, 6.45) is 16.1. The van der Waals surface area contributed by atoms with Gasteiger partial charge in [0.1, 0.15) is 30.4 Å². The van der Waals surface area contributed by atoms with Crippen molar-refractivity contribution in [3.05, 3.63) is 101 Å². The molecule has 1 N–H and O–H groups in total. The van der Waals surface area contributed by atoms with Crippen molar-refractivity contribution in [1.82, 2.24) is 0 Å². The van der Waals surface area contributed by atoms with Gasteiger partial charge in [0.15, 0.2) is 11.5 Å². The number of hydrogen-bond acceptors (Lipinski definition) is 5. The molecule has 7 rings (SSSR count). The number of aryl methyl sites for hydroxylation is 2. The Balaban J connectivity index is 1.21. The van der Waals surface area contributed by atoms with Crippen LogP contribution in [0.5, 0.6) is 17.2 Å². The lowest BCUT2D eigenvalue weighted by molar-refractivity contribution is -0.121. The number of phenols is 1. The number of unbranched alkanes of at least 4 members (excludes halogenated alkanes) is 2. The fourth-order valence-electron chi connectivity index (χ4n) is 7.72. The lowest BCUT2D eigenvalue weighted by Crippen LogP contribution is -2.27. The van der Waals surface area contributed by atoms with Crippen LogP contribution in [0, 0.1) is 17.4 Å². The Labute approximate surface area is 285 Å². The van der Waals surface area contributed by atoms with Crippen LogP contribution < -0.4 is 9.47 Å². The van der Waals surface area contributed by atoms with Gasteiger partial charge in [-0.05, 0) is 102 Å². The van der Waals surface area contributed by atoms with E-state index in [4.69, 9.17) is 14.2 Å². The van der Waals surface area contributed by atoms with Gasteiger partial charge in [-0.15, -0.1) is 0 Å². The molecule has 1 atom stereocenters. The van der Waals surface area contributed by atoms with Crippen molar-refractivity contribution in [3.63, 3.8) is 0 Å². The van der Waals surface area contributed by atoms with Gasteiger partial charge < -0.3 is 19.3 Å². The van der Waals surface area contributed by atoms with Crippen LogP contribution in [0.2, 0.25) is 0 Å². The summed E-state index contributed by atoms with van der Waals surface area (Å²) >= 11 is 0. The molecule has 5 nitrogen and oxygen atoms in total. The molecule has 6 bridgehead atoms. The standard InChI is InChI=1S/C43H48O5/c1-46-41-22-17-33-15-19-36(44)29-37(30-43(24-8-9-25-43)23-7-3-6-13-32-11-4-2-5-12-32)47-26-10-14-39-38-20-16-34(31-48-42(41)28-33)27-35(38)18-21-40(39)45/h2,4-5,11-12,16-18,20-22,27-28,37,45H,3,6-9,13-15,19,23-25,29-31H2,1H3/t37-/m1/s1. The molecule has 2 aliphatic heterocycles. The third kappa shape index (κ3) is 8.72. The van der Waals surface area contributed by atoms with Gasteiger partial charge >= 0.3 is 0 Å². The number of benzene rings is 4. The summed E-state index contributed by atoms with van der Waals surface area (Å²) in [4.78, 5) is 13.5. The Hall–Kier alpha value is -4.43. The normalized spacial score (nSPS) is 17.9. The van der Waals surface area contributed by atoms with Crippen molar-refractivity contribution in [2.24, 2.45) is 5.41 Å². The maximum absolute atomic E-state index is 13.5. The predicted molar refractivity (Wildman–Crippen MR) is 191 cm³/mol. The monoisotopic (exact) mass is 644 g/mol. The molecular weight excluding hydrogens is 596 g/mol. The summed E-state index contributed by atoms with van der Waals surface area (Å²) in [7, 11) is 1.64. The van der Waals surface area contributed by atoms with Gasteiger partial charge in [-0.3, -0.25) is 4.79 Å². The van der Waals surface area contributed by atoms with Crippen LogP contribution in [0.1, 0.15) is 92.9 Å². The van der Waals surface area contributed by atoms with E-state index in [9.17, 15) is 9.90 Å². The lowest BCUT2D eigenvalue weighted by atomic mass is 9.75. The number of fused-ring (bicyclic) bond motifs is 9. The Kier molecular flexibility index (Phi) is 11.2.